The van der Waals surface area contributed by atoms with E-state index in [1.807, 2.05) is 25.1 Å². The normalized spacial score (nSPS) is 10.6. The summed E-state index contributed by atoms with van der Waals surface area (Å²) in [5, 5.41) is 11.4. The fourth-order valence-electron chi connectivity index (χ4n) is 1.08. The molecule has 0 radical (unpaired) electrons. The maximum absolute atomic E-state index is 11.5. The molecule has 1 rings (SSSR count). The van der Waals surface area contributed by atoms with Crippen molar-refractivity contribution in [3.63, 3.8) is 0 Å². The fourth-order valence-corrected chi connectivity index (χ4v) is 1.90. The molecule has 0 aliphatic carbocycles. The van der Waals surface area contributed by atoms with E-state index in [2.05, 4.69) is 11.9 Å². The molecule has 0 unspecified atom stereocenters. The number of nitrogens with zero attached hydrogens (tertiary/aromatic N) is 1. The van der Waals surface area contributed by atoms with E-state index in [0.29, 0.717) is 6.54 Å². The molecular formula is C12H12N2OS. The highest BCUT2D eigenvalue weighted by atomic mass is 32.1. The van der Waals surface area contributed by atoms with Gasteiger partial charge in [-0.15, -0.1) is 17.9 Å². The Morgan fingerprint density at radius 2 is 2.44 bits per heavy atom. The van der Waals surface area contributed by atoms with Gasteiger partial charge in [0.15, 0.2) is 0 Å². The Morgan fingerprint density at radius 3 is 2.94 bits per heavy atom. The number of rotatable bonds is 4. The molecule has 0 spiro atoms. The predicted molar refractivity (Wildman–Crippen MR) is 65.9 cm³/mol. The van der Waals surface area contributed by atoms with Gasteiger partial charge >= 0.3 is 0 Å². The lowest BCUT2D eigenvalue weighted by Crippen LogP contribution is -2.24. The number of hydrogen-bond acceptors (Lipinski definition) is 3. The molecule has 0 aliphatic rings. The number of carbonyl (C=O) groups is 1. The molecule has 1 N–H and O–H groups in total. The van der Waals surface area contributed by atoms with Crippen LogP contribution < -0.4 is 5.32 Å². The van der Waals surface area contributed by atoms with Gasteiger partial charge < -0.3 is 5.32 Å². The predicted octanol–water partition coefficient (Wildman–Crippen LogP) is 2.27. The molecule has 0 aliphatic heterocycles. The molecule has 1 amide bonds. The van der Waals surface area contributed by atoms with Crippen molar-refractivity contribution in [2.45, 2.75) is 6.92 Å². The van der Waals surface area contributed by atoms with Gasteiger partial charge in [-0.2, -0.15) is 5.26 Å². The second-order valence-corrected chi connectivity index (χ2v) is 4.44. The zero-order valence-electron chi connectivity index (χ0n) is 8.99. The molecule has 1 aromatic rings. The Morgan fingerprint density at radius 1 is 1.69 bits per heavy atom. The summed E-state index contributed by atoms with van der Waals surface area (Å²) in [5.41, 5.74) is 0.115. The summed E-state index contributed by atoms with van der Waals surface area (Å²) in [6.45, 7) is 5.83. The van der Waals surface area contributed by atoms with E-state index in [9.17, 15) is 4.79 Å². The van der Waals surface area contributed by atoms with Crippen molar-refractivity contribution in [3.8, 4) is 6.07 Å². The number of nitriles is 1. The van der Waals surface area contributed by atoms with Gasteiger partial charge in [0.1, 0.15) is 11.6 Å². The van der Waals surface area contributed by atoms with Crippen molar-refractivity contribution in [1.82, 2.24) is 5.32 Å². The maximum atomic E-state index is 11.5. The third kappa shape index (κ3) is 3.37. The van der Waals surface area contributed by atoms with Gasteiger partial charge in [-0.05, 0) is 25.1 Å². The van der Waals surface area contributed by atoms with Crippen molar-refractivity contribution in [3.05, 3.63) is 40.1 Å². The van der Waals surface area contributed by atoms with E-state index >= 15 is 0 Å². The molecule has 0 atom stereocenters. The van der Waals surface area contributed by atoms with Crippen LogP contribution in [0.25, 0.3) is 6.08 Å². The SMILES string of the molecule is C=CCNC(=O)/C(C#N)=C\c1ccc(C)s1. The zero-order valence-corrected chi connectivity index (χ0v) is 9.80. The summed E-state index contributed by atoms with van der Waals surface area (Å²) in [4.78, 5) is 13.6. The molecule has 3 nitrogen and oxygen atoms in total. The van der Waals surface area contributed by atoms with Crippen LogP contribution in [-0.4, -0.2) is 12.5 Å². The quantitative estimate of drug-likeness (QED) is 0.492. The Balaban J connectivity index is 2.82. The van der Waals surface area contributed by atoms with Gasteiger partial charge in [0.05, 0.1) is 0 Å². The van der Waals surface area contributed by atoms with Crippen molar-refractivity contribution in [2.24, 2.45) is 0 Å². The van der Waals surface area contributed by atoms with Gasteiger partial charge in [0.2, 0.25) is 0 Å². The Hall–Kier alpha value is -1.86. The van der Waals surface area contributed by atoms with Crippen LogP contribution in [0.4, 0.5) is 0 Å². The van der Waals surface area contributed by atoms with E-state index in [1.54, 1.807) is 23.5 Å². The van der Waals surface area contributed by atoms with Crippen LogP contribution >= 0.6 is 11.3 Å². The van der Waals surface area contributed by atoms with Gasteiger partial charge in [-0.3, -0.25) is 4.79 Å². The highest BCUT2D eigenvalue weighted by Gasteiger charge is 2.07. The topological polar surface area (TPSA) is 52.9 Å². The Labute approximate surface area is 98.7 Å². The highest BCUT2D eigenvalue weighted by molar-refractivity contribution is 7.12. The van der Waals surface area contributed by atoms with Gasteiger partial charge in [0, 0.05) is 16.3 Å². The number of thiophene rings is 1. The Bertz CT molecular complexity index is 466. The van der Waals surface area contributed by atoms with E-state index in [0.717, 1.165) is 9.75 Å². The number of amides is 1. The first-order chi connectivity index (χ1) is 7.67. The van der Waals surface area contributed by atoms with Crippen LogP contribution in [0.15, 0.2) is 30.4 Å². The summed E-state index contributed by atoms with van der Waals surface area (Å²) in [5.74, 6) is -0.367. The fraction of sp³-hybridized carbons (Fsp3) is 0.167. The summed E-state index contributed by atoms with van der Waals surface area (Å²) < 4.78 is 0. The molecule has 1 heterocycles. The third-order valence-electron chi connectivity index (χ3n) is 1.82. The highest BCUT2D eigenvalue weighted by Crippen LogP contribution is 2.18. The first-order valence-electron chi connectivity index (χ1n) is 4.74. The van der Waals surface area contributed by atoms with E-state index in [-0.39, 0.29) is 11.5 Å². The second kappa shape index (κ2) is 5.89. The van der Waals surface area contributed by atoms with Crippen molar-refractivity contribution in [1.29, 1.82) is 5.26 Å². The molecule has 1 aromatic heterocycles. The zero-order chi connectivity index (χ0) is 12.0. The van der Waals surface area contributed by atoms with E-state index < -0.39 is 0 Å². The molecule has 0 saturated heterocycles. The summed E-state index contributed by atoms with van der Waals surface area (Å²) in [7, 11) is 0. The number of hydrogen-bond donors (Lipinski definition) is 1. The van der Waals surface area contributed by atoms with E-state index in [4.69, 9.17) is 5.26 Å². The van der Waals surface area contributed by atoms with Gasteiger partial charge in [-0.1, -0.05) is 6.08 Å². The molecule has 0 aromatic carbocycles. The van der Waals surface area contributed by atoms with Crippen LogP contribution in [-0.2, 0) is 4.79 Å². The average molecular weight is 232 g/mol. The standard InChI is InChI=1S/C12H12N2OS/c1-3-6-14-12(15)10(8-13)7-11-5-4-9(2)16-11/h3-5,7H,1,6H2,2H3,(H,14,15)/b10-7-. The van der Waals surface area contributed by atoms with Crippen LogP contribution in [0.1, 0.15) is 9.75 Å². The first-order valence-corrected chi connectivity index (χ1v) is 5.56. The smallest absolute Gasteiger partial charge is 0.262 e. The first kappa shape index (κ1) is 12.2. The third-order valence-corrected chi connectivity index (χ3v) is 2.77. The van der Waals surface area contributed by atoms with Crippen molar-refractivity contribution >= 4 is 23.3 Å². The van der Waals surface area contributed by atoms with Crippen LogP contribution in [0.2, 0.25) is 0 Å². The maximum Gasteiger partial charge on any atom is 0.262 e. The number of carbonyl (C=O) groups excluding carboxylic acids is 1. The molecular weight excluding hydrogens is 220 g/mol. The molecule has 4 heteroatoms. The second-order valence-electron chi connectivity index (χ2n) is 3.12. The van der Waals surface area contributed by atoms with Gasteiger partial charge in [-0.25, -0.2) is 0 Å². The lowest BCUT2D eigenvalue weighted by atomic mass is 10.2. The number of aryl methyl sites for hydroxylation is 1. The summed E-state index contributed by atoms with van der Waals surface area (Å²) in [6.07, 6.45) is 3.16. The number of nitrogens with one attached hydrogen (secondary N) is 1. The minimum atomic E-state index is -0.367. The minimum absolute atomic E-state index is 0.115. The molecule has 82 valence electrons. The Kier molecular flexibility index (Phi) is 4.49. The van der Waals surface area contributed by atoms with Crippen LogP contribution in [0.3, 0.4) is 0 Å². The van der Waals surface area contributed by atoms with Crippen molar-refractivity contribution < 1.29 is 4.79 Å². The summed E-state index contributed by atoms with van der Waals surface area (Å²) in [6, 6.07) is 5.73. The van der Waals surface area contributed by atoms with Crippen LogP contribution in [0.5, 0.6) is 0 Å². The van der Waals surface area contributed by atoms with Crippen molar-refractivity contribution in [2.75, 3.05) is 6.54 Å². The largest absolute Gasteiger partial charge is 0.348 e. The average Bonchev–Trinajstić information content (AvgIpc) is 2.68. The van der Waals surface area contributed by atoms with E-state index in [1.165, 1.54) is 0 Å². The monoisotopic (exact) mass is 232 g/mol. The van der Waals surface area contributed by atoms with Gasteiger partial charge in [0.25, 0.3) is 5.91 Å². The minimum Gasteiger partial charge on any atom is -0.348 e. The molecule has 0 bridgehead atoms. The molecule has 0 saturated carbocycles. The molecule has 16 heavy (non-hydrogen) atoms. The lowest BCUT2D eigenvalue weighted by molar-refractivity contribution is -0.116. The van der Waals surface area contributed by atoms with Crippen LogP contribution in [0, 0.1) is 18.3 Å². The summed E-state index contributed by atoms with van der Waals surface area (Å²) >= 11 is 1.55. The lowest BCUT2D eigenvalue weighted by Gasteiger charge is -1.98. The molecule has 0 fully saturated rings.